The van der Waals surface area contributed by atoms with Crippen LogP contribution in [0.2, 0.25) is 0 Å². The first kappa shape index (κ1) is 16.0. The lowest BCUT2D eigenvalue weighted by Crippen LogP contribution is -2.21. The van der Waals surface area contributed by atoms with E-state index in [1.807, 2.05) is 19.1 Å². The summed E-state index contributed by atoms with van der Waals surface area (Å²) in [4.78, 5) is 1.73. The monoisotopic (exact) mass is 307 g/mol. The van der Waals surface area contributed by atoms with Crippen molar-refractivity contribution >= 4 is 11.8 Å². The van der Waals surface area contributed by atoms with Crippen LogP contribution < -0.4 is 5.73 Å². The average Bonchev–Trinajstić information content (AvgIpc) is 2.45. The molecule has 0 aromatic heterocycles. The third-order valence-electron chi connectivity index (χ3n) is 3.38. The van der Waals surface area contributed by atoms with Crippen molar-refractivity contribution in [3.63, 3.8) is 0 Å². The van der Waals surface area contributed by atoms with Crippen LogP contribution in [0.3, 0.4) is 0 Å². The van der Waals surface area contributed by atoms with Gasteiger partial charge in [0, 0.05) is 15.8 Å². The van der Waals surface area contributed by atoms with E-state index in [1.54, 1.807) is 6.07 Å². The standard InChI is InChI=1S/C17H19F2NS/c1-3-13(20)9-12-4-7-17(11(2)8-12)21-14-5-6-15(18)16(19)10-14/h4-8,10,13H,3,9,20H2,1-2H3. The van der Waals surface area contributed by atoms with Gasteiger partial charge in [-0.15, -0.1) is 0 Å². The maximum Gasteiger partial charge on any atom is 0.159 e. The summed E-state index contributed by atoms with van der Waals surface area (Å²) in [5, 5.41) is 0. The number of benzene rings is 2. The number of rotatable bonds is 5. The molecule has 112 valence electrons. The third kappa shape index (κ3) is 4.29. The molecular formula is C17H19F2NS. The Morgan fingerprint density at radius 2 is 1.86 bits per heavy atom. The number of hydrogen-bond donors (Lipinski definition) is 1. The lowest BCUT2D eigenvalue weighted by atomic mass is 10.0. The SMILES string of the molecule is CCC(N)Cc1ccc(Sc2ccc(F)c(F)c2)c(C)c1. The van der Waals surface area contributed by atoms with Crippen molar-refractivity contribution in [1.82, 2.24) is 0 Å². The van der Waals surface area contributed by atoms with Gasteiger partial charge in [-0.05, 0) is 55.2 Å². The molecule has 4 heteroatoms. The van der Waals surface area contributed by atoms with Crippen molar-refractivity contribution < 1.29 is 8.78 Å². The van der Waals surface area contributed by atoms with E-state index in [1.165, 1.54) is 23.4 Å². The van der Waals surface area contributed by atoms with E-state index in [0.717, 1.165) is 29.4 Å². The highest BCUT2D eigenvalue weighted by Gasteiger charge is 2.08. The third-order valence-corrected chi connectivity index (χ3v) is 4.55. The summed E-state index contributed by atoms with van der Waals surface area (Å²) in [5.74, 6) is -1.64. The van der Waals surface area contributed by atoms with Crippen LogP contribution in [-0.4, -0.2) is 6.04 Å². The van der Waals surface area contributed by atoms with E-state index in [9.17, 15) is 8.78 Å². The highest BCUT2D eigenvalue weighted by atomic mass is 32.2. The van der Waals surface area contributed by atoms with Crippen LogP contribution >= 0.6 is 11.8 Å². The second-order valence-electron chi connectivity index (χ2n) is 5.15. The molecular weight excluding hydrogens is 288 g/mol. The van der Waals surface area contributed by atoms with E-state index in [4.69, 9.17) is 5.73 Å². The molecule has 0 aliphatic rings. The Hall–Kier alpha value is -1.39. The molecule has 0 spiro atoms. The highest BCUT2D eigenvalue weighted by molar-refractivity contribution is 7.99. The molecule has 0 saturated carbocycles. The summed E-state index contributed by atoms with van der Waals surface area (Å²) in [6.07, 6.45) is 1.80. The van der Waals surface area contributed by atoms with Crippen LogP contribution in [0.5, 0.6) is 0 Å². The van der Waals surface area contributed by atoms with Crippen molar-refractivity contribution in [2.24, 2.45) is 5.73 Å². The van der Waals surface area contributed by atoms with E-state index in [-0.39, 0.29) is 6.04 Å². The van der Waals surface area contributed by atoms with E-state index >= 15 is 0 Å². The summed E-state index contributed by atoms with van der Waals surface area (Å²) < 4.78 is 26.2. The highest BCUT2D eigenvalue weighted by Crippen LogP contribution is 2.31. The molecule has 0 radical (unpaired) electrons. The minimum absolute atomic E-state index is 0.175. The van der Waals surface area contributed by atoms with E-state index < -0.39 is 11.6 Å². The van der Waals surface area contributed by atoms with Crippen molar-refractivity contribution in [3.05, 3.63) is 59.2 Å². The van der Waals surface area contributed by atoms with Gasteiger partial charge < -0.3 is 5.73 Å². The predicted molar refractivity (Wildman–Crippen MR) is 83.6 cm³/mol. The molecule has 0 heterocycles. The summed E-state index contributed by atoms with van der Waals surface area (Å²) >= 11 is 1.43. The first-order valence-corrected chi connectivity index (χ1v) is 7.79. The van der Waals surface area contributed by atoms with Gasteiger partial charge >= 0.3 is 0 Å². The molecule has 1 unspecified atom stereocenters. The molecule has 0 aliphatic heterocycles. The van der Waals surface area contributed by atoms with Crippen LogP contribution in [-0.2, 0) is 6.42 Å². The first-order valence-electron chi connectivity index (χ1n) is 6.97. The normalized spacial score (nSPS) is 12.4. The van der Waals surface area contributed by atoms with Crippen LogP contribution in [0.4, 0.5) is 8.78 Å². The Balaban J connectivity index is 2.15. The number of hydrogen-bond acceptors (Lipinski definition) is 2. The summed E-state index contributed by atoms with van der Waals surface area (Å²) in [7, 11) is 0. The minimum atomic E-state index is -0.819. The first-order chi connectivity index (χ1) is 9.99. The molecule has 0 fully saturated rings. The Labute approximate surface area is 128 Å². The largest absolute Gasteiger partial charge is 0.327 e. The number of aryl methyl sites for hydroxylation is 1. The second kappa shape index (κ2) is 7.05. The average molecular weight is 307 g/mol. The van der Waals surface area contributed by atoms with E-state index in [2.05, 4.69) is 13.0 Å². The van der Waals surface area contributed by atoms with Gasteiger partial charge in [-0.2, -0.15) is 0 Å². The smallest absolute Gasteiger partial charge is 0.159 e. The zero-order chi connectivity index (χ0) is 15.4. The Morgan fingerprint density at radius 3 is 2.48 bits per heavy atom. The zero-order valence-corrected chi connectivity index (χ0v) is 13.0. The Morgan fingerprint density at radius 1 is 1.10 bits per heavy atom. The molecule has 0 aliphatic carbocycles. The van der Waals surface area contributed by atoms with Crippen molar-refractivity contribution in [3.8, 4) is 0 Å². The predicted octanol–water partition coefficient (Wildman–Crippen LogP) is 4.70. The van der Waals surface area contributed by atoms with E-state index in [0.29, 0.717) is 4.90 Å². The number of halogens is 2. The molecule has 1 atom stereocenters. The fourth-order valence-corrected chi connectivity index (χ4v) is 2.98. The van der Waals surface area contributed by atoms with Crippen molar-refractivity contribution in [2.75, 3.05) is 0 Å². The summed E-state index contributed by atoms with van der Waals surface area (Å²) in [6, 6.07) is 10.3. The van der Waals surface area contributed by atoms with Gasteiger partial charge in [0.05, 0.1) is 0 Å². The number of nitrogens with two attached hydrogens (primary N) is 1. The van der Waals surface area contributed by atoms with Gasteiger partial charge in [-0.3, -0.25) is 0 Å². The maximum absolute atomic E-state index is 13.2. The fraction of sp³-hybridized carbons (Fsp3) is 0.294. The van der Waals surface area contributed by atoms with Gasteiger partial charge in [0.2, 0.25) is 0 Å². The van der Waals surface area contributed by atoms with Crippen LogP contribution in [0, 0.1) is 18.6 Å². The Kier molecular flexibility index (Phi) is 5.37. The zero-order valence-electron chi connectivity index (χ0n) is 12.2. The van der Waals surface area contributed by atoms with Crippen LogP contribution in [0.15, 0.2) is 46.2 Å². The second-order valence-corrected chi connectivity index (χ2v) is 6.27. The van der Waals surface area contributed by atoms with Crippen molar-refractivity contribution in [2.45, 2.75) is 42.5 Å². The molecule has 21 heavy (non-hydrogen) atoms. The molecule has 1 nitrogen and oxygen atoms in total. The maximum atomic E-state index is 13.2. The van der Waals surface area contributed by atoms with Gasteiger partial charge in [0.1, 0.15) is 0 Å². The quantitative estimate of drug-likeness (QED) is 0.866. The minimum Gasteiger partial charge on any atom is -0.327 e. The topological polar surface area (TPSA) is 26.0 Å². The van der Waals surface area contributed by atoms with Gasteiger partial charge in [0.25, 0.3) is 0 Å². The van der Waals surface area contributed by atoms with Crippen LogP contribution in [0.25, 0.3) is 0 Å². The molecule has 2 aromatic rings. The van der Waals surface area contributed by atoms with Gasteiger partial charge in [-0.25, -0.2) is 8.78 Å². The molecule has 2 aromatic carbocycles. The molecule has 0 amide bonds. The van der Waals surface area contributed by atoms with Crippen LogP contribution in [0.1, 0.15) is 24.5 Å². The Bertz CT molecular complexity index is 628. The lowest BCUT2D eigenvalue weighted by Gasteiger charge is -2.11. The lowest BCUT2D eigenvalue weighted by molar-refractivity contribution is 0.506. The molecule has 0 saturated heterocycles. The molecule has 2 N–H and O–H groups in total. The van der Waals surface area contributed by atoms with Crippen molar-refractivity contribution in [1.29, 1.82) is 0 Å². The summed E-state index contributed by atoms with van der Waals surface area (Å²) in [5.41, 5.74) is 8.29. The summed E-state index contributed by atoms with van der Waals surface area (Å²) in [6.45, 7) is 4.09. The van der Waals surface area contributed by atoms with Gasteiger partial charge in [0.15, 0.2) is 11.6 Å². The van der Waals surface area contributed by atoms with Gasteiger partial charge in [-0.1, -0.05) is 30.8 Å². The molecule has 2 rings (SSSR count). The fourth-order valence-electron chi connectivity index (χ4n) is 2.07. The molecule has 0 bridgehead atoms.